The van der Waals surface area contributed by atoms with Gasteiger partial charge < -0.3 is 14.4 Å². The molecule has 0 aromatic heterocycles. The van der Waals surface area contributed by atoms with Crippen molar-refractivity contribution >= 4 is 5.91 Å². The van der Waals surface area contributed by atoms with E-state index >= 15 is 0 Å². The summed E-state index contributed by atoms with van der Waals surface area (Å²) in [5.41, 5.74) is 1.05. The zero-order valence-corrected chi connectivity index (χ0v) is 14.3. The van der Waals surface area contributed by atoms with Crippen LogP contribution in [0.5, 0.6) is 0 Å². The molecule has 3 aliphatic rings. The van der Waals surface area contributed by atoms with Gasteiger partial charge in [-0.3, -0.25) is 4.79 Å². The third-order valence-corrected chi connectivity index (χ3v) is 5.67. The third kappa shape index (κ3) is 3.81. The van der Waals surface area contributed by atoms with Gasteiger partial charge in [-0.2, -0.15) is 0 Å². The summed E-state index contributed by atoms with van der Waals surface area (Å²) < 4.78 is 12.1. The first kappa shape index (κ1) is 16.1. The average molecular weight is 329 g/mol. The molecular weight excluding hydrogens is 302 g/mol. The van der Waals surface area contributed by atoms with Crippen molar-refractivity contribution in [2.45, 2.75) is 50.2 Å². The second-order valence-corrected chi connectivity index (χ2v) is 7.64. The maximum absolute atomic E-state index is 12.5. The lowest BCUT2D eigenvalue weighted by Crippen LogP contribution is -2.47. The van der Waals surface area contributed by atoms with Gasteiger partial charge in [0.05, 0.1) is 24.7 Å². The van der Waals surface area contributed by atoms with E-state index in [1.165, 1.54) is 12.8 Å². The van der Waals surface area contributed by atoms with Crippen LogP contribution in [-0.4, -0.2) is 48.8 Å². The number of ether oxygens (including phenoxy) is 2. The first-order chi connectivity index (χ1) is 11.7. The Bertz CT molecular complexity index is 562. The SMILES string of the molecule is O=C(Cc1ccccc1)N1CCC2(CC1)C[C@@H](OCC1CC1)CO2. The second-order valence-electron chi connectivity index (χ2n) is 7.64. The fourth-order valence-corrected chi connectivity index (χ4v) is 3.86. The number of piperidine rings is 1. The second kappa shape index (κ2) is 6.85. The van der Waals surface area contributed by atoms with E-state index in [4.69, 9.17) is 9.47 Å². The molecular formula is C20H27NO3. The van der Waals surface area contributed by atoms with Crippen LogP contribution < -0.4 is 0 Å². The Labute approximate surface area is 144 Å². The Morgan fingerprint density at radius 2 is 1.96 bits per heavy atom. The minimum absolute atomic E-state index is 0.0439. The molecule has 2 saturated heterocycles. The summed E-state index contributed by atoms with van der Waals surface area (Å²) in [6.07, 6.45) is 6.31. The normalized spacial score (nSPS) is 26.0. The van der Waals surface area contributed by atoms with Crippen molar-refractivity contribution in [2.75, 3.05) is 26.3 Å². The summed E-state index contributed by atoms with van der Waals surface area (Å²) in [7, 11) is 0. The number of benzene rings is 1. The molecule has 0 N–H and O–H groups in total. The van der Waals surface area contributed by atoms with Crippen molar-refractivity contribution in [3.8, 4) is 0 Å². The molecule has 0 bridgehead atoms. The van der Waals surface area contributed by atoms with Gasteiger partial charge in [0.15, 0.2) is 0 Å². The van der Waals surface area contributed by atoms with Crippen molar-refractivity contribution in [2.24, 2.45) is 5.92 Å². The number of nitrogens with zero attached hydrogens (tertiary/aromatic N) is 1. The smallest absolute Gasteiger partial charge is 0.226 e. The van der Waals surface area contributed by atoms with Crippen LogP contribution in [0.2, 0.25) is 0 Å². The molecule has 1 saturated carbocycles. The zero-order valence-electron chi connectivity index (χ0n) is 14.3. The van der Waals surface area contributed by atoms with Crippen LogP contribution in [0.15, 0.2) is 30.3 Å². The van der Waals surface area contributed by atoms with Crippen LogP contribution in [0.1, 0.15) is 37.7 Å². The molecule has 1 aromatic carbocycles. The number of rotatable bonds is 5. The average Bonchev–Trinajstić information content (AvgIpc) is 3.36. The first-order valence-corrected chi connectivity index (χ1v) is 9.30. The van der Waals surface area contributed by atoms with E-state index in [0.29, 0.717) is 6.42 Å². The number of amides is 1. The first-order valence-electron chi connectivity index (χ1n) is 9.30. The maximum atomic E-state index is 12.5. The van der Waals surface area contributed by atoms with Crippen LogP contribution >= 0.6 is 0 Å². The van der Waals surface area contributed by atoms with Crippen LogP contribution in [0.4, 0.5) is 0 Å². The summed E-state index contributed by atoms with van der Waals surface area (Å²) in [5.74, 6) is 1.04. The molecule has 1 atom stereocenters. The quantitative estimate of drug-likeness (QED) is 0.834. The largest absolute Gasteiger partial charge is 0.375 e. The Hall–Kier alpha value is -1.39. The van der Waals surface area contributed by atoms with Crippen molar-refractivity contribution < 1.29 is 14.3 Å². The summed E-state index contributed by atoms with van der Waals surface area (Å²) in [6, 6.07) is 10.00. The summed E-state index contributed by atoms with van der Waals surface area (Å²) in [5, 5.41) is 0. The van der Waals surface area contributed by atoms with E-state index in [-0.39, 0.29) is 17.6 Å². The van der Waals surface area contributed by atoms with E-state index in [2.05, 4.69) is 0 Å². The number of likely N-dealkylation sites (tertiary alicyclic amines) is 1. The lowest BCUT2D eigenvalue weighted by molar-refractivity contribution is -0.135. The van der Waals surface area contributed by atoms with Gasteiger partial charge in [-0.05, 0) is 37.2 Å². The molecule has 1 aliphatic carbocycles. The van der Waals surface area contributed by atoms with E-state index < -0.39 is 0 Å². The van der Waals surface area contributed by atoms with Crippen LogP contribution in [0, 0.1) is 5.92 Å². The summed E-state index contributed by atoms with van der Waals surface area (Å²) in [4.78, 5) is 14.5. The molecule has 4 rings (SSSR count). The van der Waals surface area contributed by atoms with Gasteiger partial charge in [0, 0.05) is 26.1 Å². The van der Waals surface area contributed by atoms with Crippen LogP contribution in [0.25, 0.3) is 0 Å². The minimum Gasteiger partial charge on any atom is -0.375 e. The molecule has 1 aromatic rings. The minimum atomic E-state index is -0.0439. The monoisotopic (exact) mass is 329 g/mol. The van der Waals surface area contributed by atoms with Crippen molar-refractivity contribution in [3.05, 3.63) is 35.9 Å². The maximum Gasteiger partial charge on any atom is 0.226 e. The Morgan fingerprint density at radius 3 is 2.67 bits per heavy atom. The number of hydrogen-bond donors (Lipinski definition) is 0. The molecule has 24 heavy (non-hydrogen) atoms. The fourth-order valence-electron chi connectivity index (χ4n) is 3.86. The summed E-state index contributed by atoms with van der Waals surface area (Å²) in [6.45, 7) is 3.25. The molecule has 130 valence electrons. The van der Waals surface area contributed by atoms with Gasteiger partial charge >= 0.3 is 0 Å². The molecule has 4 heteroatoms. The molecule has 0 radical (unpaired) electrons. The zero-order chi connectivity index (χ0) is 16.4. The van der Waals surface area contributed by atoms with Gasteiger partial charge in [-0.15, -0.1) is 0 Å². The van der Waals surface area contributed by atoms with Gasteiger partial charge in [-0.25, -0.2) is 0 Å². The van der Waals surface area contributed by atoms with E-state index in [1.807, 2.05) is 35.2 Å². The lowest BCUT2D eigenvalue weighted by Gasteiger charge is -2.38. The van der Waals surface area contributed by atoms with Crippen molar-refractivity contribution in [1.82, 2.24) is 4.90 Å². The molecule has 2 aliphatic heterocycles. The highest BCUT2D eigenvalue weighted by atomic mass is 16.6. The molecule has 4 nitrogen and oxygen atoms in total. The standard InChI is InChI=1S/C20H27NO3/c22-19(12-16-4-2-1-3-5-16)21-10-8-20(9-11-21)13-18(15-24-20)23-14-17-6-7-17/h1-5,17-18H,6-15H2/t18-/m1/s1. The van der Waals surface area contributed by atoms with Crippen molar-refractivity contribution in [3.63, 3.8) is 0 Å². The number of carbonyl (C=O) groups excluding carboxylic acids is 1. The highest BCUT2D eigenvalue weighted by Crippen LogP contribution is 2.38. The van der Waals surface area contributed by atoms with E-state index in [0.717, 1.165) is 57.0 Å². The van der Waals surface area contributed by atoms with Gasteiger partial charge in [0.1, 0.15) is 0 Å². The van der Waals surface area contributed by atoms with Crippen molar-refractivity contribution in [1.29, 1.82) is 0 Å². The molecule has 1 spiro atoms. The molecule has 2 heterocycles. The highest BCUT2D eigenvalue weighted by molar-refractivity contribution is 5.78. The van der Waals surface area contributed by atoms with Crippen LogP contribution in [0.3, 0.4) is 0 Å². The topological polar surface area (TPSA) is 38.8 Å². The predicted molar refractivity (Wildman–Crippen MR) is 91.7 cm³/mol. The third-order valence-electron chi connectivity index (χ3n) is 5.67. The van der Waals surface area contributed by atoms with Gasteiger partial charge in [0.25, 0.3) is 0 Å². The van der Waals surface area contributed by atoms with Crippen LogP contribution in [-0.2, 0) is 20.7 Å². The highest BCUT2D eigenvalue weighted by Gasteiger charge is 2.44. The van der Waals surface area contributed by atoms with E-state index in [1.54, 1.807) is 0 Å². The van der Waals surface area contributed by atoms with E-state index in [9.17, 15) is 4.79 Å². The Morgan fingerprint density at radius 1 is 1.21 bits per heavy atom. The fraction of sp³-hybridized carbons (Fsp3) is 0.650. The van der Waals surface area contributed by atoms with Gasteiger partial charge in [0.2, 0.25) is 5.91 Å². The molecule has 0 unspecified atom stereocenters. The molecule has 3 fully saturated rings. The lowest BCUT2D eigenvalue weighted by atomic mass is 9.87. The predicted octanol–water partition coefficient (Wildman–Crippen LogP) is 2.81. The molecule has 1 amide bonds. The summed E-state index contributed by atoms with van der Waals surface area (Å²) >= 11 is 0. The number of carbonyl (C=O) groups is 1. The van der Waals surface area contributed by atoms with Gasteiger partial charge in [-0.1, -0.05) is 30.3 Å². The Kier molecular flexibility index (Phi) is 4.59. The number of hydrogen-bond acceptors (Lipinski definition) is 3. The Balaban J connectivity index is 1.25.